The van der Waals surface area contributed by atoms with E-state index < -0.39 is 0 Å². The maximum Gasteiger partial charge on any atom is 0.144 e. The van der Waals surface area contributed by atoms with E-state index in [1.807, 2.05) is 6.92 Å². The Bertz CT molecular complexity index is 329. The van der Waals surface area contributed by atoms with Gasteiger partial charge in [-0.3, -0.25) is 4.98 Å². The van der Waals surface area contributed by atoms with E-state index in [9.17, 15) is 4.39 Å². The molecular weight excluding hydrogens is 177 g/mol. The van der Waals surface area contributed by atoms with Crippen LogP contribution in [-0.2, 0) is 0 Å². The van der Waals surface area contributed by atoms with Crippen molar-refractivity contribution in [3.8, 4) is 0 Å². The molecule has 0 N–H and O–H groups in total. The second kappa shape index (κ2) is 4.07. The molecule has 1 rings (SSSR count). The summed E-state index contributed by atoms with van der Waals surface area (Å²) in [6.07, 6.45) is 1.33. The summed E-state index contributed by atoms with van der Waals surface area (Å²) < 4.78 is 13.3. The van der Waals surface area contributed by atoms with Crippen molar-refractivity contribution in [1.82, 2.24) is 4.98 Å². The van der Waals surface area contributed by atoms with Crippen molar-refractivity contribution in [3.05, 3.63) is 28.8 Å². The largest absolute Gasteiger partial charge is 0.258 e. The average Bonchev–Trinajstić information content (AvgIpc) is 2.08. The first-order valence-electron chi connectivity index (χ1n) is 5.10. The van der Waals surface area contributed by atoms with Crippen LogP contribution >= 0.6 is 0 Å². The highest BCUT2D eigenvalue weighted by Crippen LogP contribution is 2.28. The second-order valence-electron chi connectivity index (χ2n) is 4.34. The molecule has 1 nitrogen and oxygen atoms in total. The first-order chi connectivity index (χ1) is 6.45. The van der Waals surface area contributed by atoms with Crippen LogP contribution in [-0.4, -0.2) is 4.98 Å². The van der Waals surface area contributed by atoms with Crippen LogP contribution in [0.5, 0.6) is 0 Å². The van der Waals surface area contributed by atoms with Crippen molar-refractivity contribution in [1.29, 1.82) is 0 Å². The van der Waals surface area contributed by atoms with Gasteiger partial charge in [0.15, 0.2) is 0 Å². The van der Waals surface area contributed by atoms with E-state index in [-0.39, 0.29) is 5.82 Å². The van der Waals surface area contributed by atoms with Crippen molar-refractivity contribution in [3.63, 3.8) is 0 Å². The molecule has 0 aliphatic heterocycles. The standard InChI is InChI=1S/C12H18FN/c1-7(2)11-9(5)10(13)6-14-12(11)8(3)4/h6-8H,1-5H3. The van der Waals surface area contributed by atoms with Gasteiger partial charge in [0.25, 0.3) is 0 Å². The predicted octanol–water partition coefficient (Wildman–Crippen LogP) is 3.78. The van der Waals surface area contributed by atoms with E-state index in [1.165, 1.54) is 6.20 Å². The Morgan fingerprint density at radius 3 is 2.14 bits per heavy atom. The van der Waals surface area contributed by atoms with Crippen LogP contribution in [0.15, 0.2) is 6.20 Å². The molecule has 0 atom stereocenters. The molecule has 0 amide bonds. The lowest BCUT2D eigenvalue weighted by molar-refractivity contribution is 0.597. The van der Waals surface area contributed by atoms with Gasteiger partial charge in [0.2, 0.25) is 0 Å². The minimum atomic E-state index is -0.196. The zero-order valence-electron chi connectivity index (χ0n) is 9.56. The molecule has 0 fully saturated rings. The van der Waals surface area contributed by atoms with Gasteiger partial charge in [0.1, 0.15) is 5.82 Å². The van der Waals surface area contributed by atoms with Crippen LogP contribution in [0.2, 0.25) is 0 Å². The van der Waals surface area contributed by atoms with Crippen LogP contribution in [0, 0.1) is 12.7 Å². The summed E-state index contributed by atoms with van der Waals surface area (Å²) in [6, 6.07) is 0. The molecule has 0 bridgehead atoms. The molecule has 0 radical (unpaired) electrons. The maximum atomic E-state index is 13.3. The summed E-state index contributed by atoms with van der Waals surface area (Å²) in [4.78, 5) is 4.18. The van der Waals surface area contributed by atoms with Gasteiger partial charge in [0.05, 0.1) is 6.20 Å². The van der Waals surface area contributed by atoms with Gasteiger partial charge >= 0.3 is 0 Å². The highest BCUT2D eigenvalue weighted by Gasteiger charge is 2.16. The Kier molecular flexibility index (Phi) is 3.25. The molecule has 1 heterocycles. The third-order valence-electron chi connectivity index (χ3n) is 2.48. The second-order valence-corrected chi connectivity index (χ2v) is 4.34. The van der Waals surface area contributed by atoms with Crippen LogP contribution < -0.4 is 0 Å². The molecule has 78 valence electrons. The average molecular weight is 195 g/mol. The van der Waals surface area contributed by atoms with Gasteiger partial charge in [-0.2, -0.15) is 0 Å². The molecule has 0 saturated heterocycles. The molecule has 14 heavy (non-hydrogen) atoms. The Labute approximate surface area is 85.4 Å². The van der Waals surface area contributed by atoms with E-state index in [1.54, 1.807) is 0 Å². The molecule has 0 spiro atoms. The highest BCUT2D eigenvalue weighted by molar-refractivity contribution is 5.34. The lowest BCUT2D eigenvalue weighted by atomic mass is 9.91. The van der Waals surface area contributed by atoms with Crippen molar-refractivity contribution < 1.29 is 4.39 Å². The van der Waals surface area contributed by atoms with E-state index in [2.05, 4.69) is 32.7 Å². The minimum absolute atomic E-state index is 0.196. The van der Waals surface area contributed by atoms with Gasteiger partial charge in [0, 0.05) is 5.69 Å². The molecule has 2 heteroatoms. The molecular formula is C12H18FN. The van der Waals surface area contributed by atoms with Crippen molar-refractivity contribution in [2.45, 2.75) is 46.5 Å². The highest BCUT2D eigenvalue weighted by atomic mass is 19.1. The summed E-state index contributed by atoms with van der Waals surface area (Å²) >= 11 is 0. The molecule has 0 aliphatic carbocycles. The SMILES string of the molecule is Cc1c(F)cnc(C(C)C)c1C(C)C. The summed E-state index contributed by atoms with van der Waals surface area (Å²) in [6.45, 7) is 10.2. The van der Waals surface area contributed by atoms with Crippen LogP contribution in [0.3, 0.4) is 0 Å². The van der Waals surface area contributed by atoms with Crippen LogP contribution in [0.25, 0.3) is 0 Å². The number of pyridine rings is 1. The fourth-order valence-electron chi connectivity index (χ4n) is 1.80. The number of nitrogens with zero attached hydrogens (tertiary/aromatic N) is 1. The lowest BCUT2D eigenvalue weighted by Crippen LogP contribution is -2.06. The molecule has 1 aromatic heterocycles. The molecule has 0 unspecified atom stereocenters. The summed E-state index contributed by atoms with van der Waals surface area (Å²) in [5.74, 6) is 0.486. The van der Waals surface area contributed by atoms with Gasteiger partial charge in [-0.15, -0.1) is 0 Å². The molecule has 1 aromatic rings. The van der Waals surface area contributed by atoms with Gasteiger partial charge < -0.3 is 0 Å². The molecule has 0 saturated carbocycles. The van der Waals surface area contributed by atoms with Gasteiger partial charge in [-0.1, -0.05) is 27.7 Å². The first-order valence-corrected chi connectivity index (χ1v) is 5.10. The van der Waals surface area contributed by atoms with Gasteiger partial charge in [-0.05, 0) is 29.9 Å². The fourth-order valence-corrected chi connectivity index (χ4v) is 1.80. The Morgan fingerprint density at radius 2 is 1.71 bits per heavy atom. The number of rotatable bonds is 2. The third kappa shape index (κ3) is 1.94. The summed E-state index contributed by atoms with van der Waals surface area (Å²) in [5, 5.41) is 0. The van der Waals surface area contributed by atoms with E-state index in [4.69, 9.17) is 0 Å². The third-order valence-corrected chi connectivity index (χ3v) is 2.48. The number of aromatic nitrogens is 1. The quantitative estimate of drug-likeness (QED) is 0.700. The topological polar surface area (TPSA) is 12.9 Å². The predicted molar refractivity (Wildman–Crippen MR) is 57.1 cm³/mol. The zero-order valence-corrected chi connectivity index (χ0v) is 9.56. The minimum Gasteiger partial charge on any atom is -0.258 e. The Morgan fingerprint density at radius 1 is 1.14 bits per heavy atom. The van der Waals surface area contributed by atoms with Crippen LogP contribution in [0.4, 0.5) is 4.39 Å². The smallest absolute Gasteiger partial charge is 0.144 e. The lowest BCUT2D eigenvalue weighted by Gasteiger charge is -2.17. The van der Waals surface area contributed by atoms with Crippen molar-refractivity contribution >= 4 is 0 Å². The number of hydrogen-bond donors (Lipinski definition) is 0. The molecule has 0 aliphatic rings. The summed E-state index contributed by atoms with van der Waals surface area (Å²) in [5.41, 5.74) is 2.85. The normalized spacial score (nSPS) is 11.4. The van der Waals surface area contributed by atoms with Gasteiger partial charge in [-0.25, -0.2) is 4.39 Å². The Hall–Kier alpha value is -0.920. The maximum absolute atomic E-state index is 13.3. The Balaban J connectivity index is 3.38. The zero-order chi connectivity index (χ0) is 10.9. The van der Waals surface area contributed by atoms with E-state index >= 15 is 0 Å². The summed E-state index contributed by atoms with van der Waals surface area (Å²) in [7, 11) is 0. The van der Waals surface area contributed by atoms with Crippen LogP contribution in [0.1, 0.15) is 56.4 Å². The number of hydrogen-bond acceptors (Lipinski definition) is 1. The van der Waals surface area contributed by atoms with E-state index in [0.717, 1.165) is 16.8 Å². The number of halogens is 1. The first kappa shape index (κ1) is 11.2. The monoisotopic (exact) mass is 195 g/mol. The van der Waals surface area contributed by atoms with Crippen molar-refractivity contribution in [2.75, 3.05) is 0 Å². The van der Waals surface area contributed by atoms with E-state index in [0.29, 0.717) is 11.8 Å². The fraction of sp³-hybridized carbons (Fsp3) is 0.583. The van der Waals surface area contributed by atoms with Crippen molar-refractivity contribution in [2.24, 2.45) is 0 Å². The molecule has 0 aromatic carbocycles.